The molecule has 3 aromatic rings. The van der Waals surface area contributed by atoms with Gasteiger partial charge in [-0.25, -0.2) is 12.8 Å². The van der Waals surface area contributed by atoms with E-state index in [4.69, 9.17) is 0 Å². The van der Waals surface area contributed by atoms with Crippen LogP contribution in [0.3, 0.4) is 0 Å². The van der Waals surface area contributed by atoms with Crippen LogP contribution in [0.2, 0.25) is 0 Å². The molecule has 7 nitrogen and oxygen atoms in total. The Bertz CT molecular complexity index is 1510. The molecule has 1 atom stereocenters. The van der Waals surface area contributed by atoms with Crippen molar-refractivity contribution in [1.29, 1.82) is 0 Å². The standard InChI is InChI=1S/C34H42FN3O4S/c1-25-13-11-20-31(26(25)2)38(43(3,41)42)22-12-21-33(39)37(24-28-16-7-10-19-30(28)35)32(23-27-14-5-4-6-15-27)34(40)36-29-17-8-9-18-29/h4-7,10-11,13-16,19-20,29,32H,8-9,12,17-18,21-24H2,1-3H3,(H,36,40)/t32-/m1/s1. The van der Waals surface area contributed by atoms with Crippen LogP contribution in [0.25, 0.3) is 0 Å². The van der Waals surface area contributed by atoms with Crippen LogP contribution in [0.1, 0.15) is 60.8 Å². The Morgan fingerprint density at radius 1 is 0.953 bits per heavy atom. The van der Waals surface area contributed by atoms with E-state index >= 15 is 0 Å². The molecule has 1 saturated carbocycles. The van der Waals surface area contributed by atoms with E-state index in [1.54, 1.807) is 24.3 Å². The Labute approximate surface area is 255 Å². The third-order valence-corrected chi connectivity index (χ3v) is 9.45. The van der Waals surface area contributed by atoms with E-state index in [0.717, 1.165) is 48.6 Å². The zero-order chi connectivity index (χ0) is 31.0. The minimum atomic E-state index is -3.62. The second-order valence-corrected chi connectivity index (χ2v) is 13.4. The molecular weight excluding hydrogens is 565 g/mol. The van der Waals surface area contributed by atoms with E-state index in [0.29, 0.717) is 11.3 Å². The Balaban J connectivity index is 1.61. The predicted octanol–water partition coefficient (Wildman–Crippen LogP) is 5.69. The summed E-state index contributed by atoms with van der Waals surface area (Å²) in [6, 6.07) is 20.4. The minimum absolute atomic E-state index is 0.00661. The van der Waals surface area contributed by atoms with Crippen LogP contribution >= 0.6 is 0 Å². The molecule has 3 aromatic carbocycles. The number of rotatable bonds is 13. The zero-order valence-electron chi connectivity index (χ0n) is 25.3. The predicted molar refractivity (Wildman–Crippen MR) is 169 cm³/mol. The number of hydrogen-bond acceptors (Lipinski definition) is 4. The number of nitrogens with zero attached hydrogens (tertiary/aromatic N) is 2. The Kier molecular flexibility index (Phi) is 11.0. The first kappa shape index (κ1) is 32.2. The molecule has 1 aliphatic rings. The molecular formula is C34H42FN3O4S. The van der Waals surface area contributed by atoms with Crippen molar-refractivity contribution in [2.24, 2.45) is 0 Å². The first-order valence-corrected chi connectivity index (χ1v) is 16.8. The van der Waals surface area contributed by atoms with Gasteiger partial charge in [0.05, 0.1) is 11.9 Å². The van der Waals surface area contributed by atoms with E-state index in [1.165, 1.54) is 15.3 Å². The molecule has 0 bridgehead atoms. The lowest BCUT2D eigenvalue weighted by Gasteiger charge is -2.33. The fourth-order valence-electron chi connectivity index (χ4n) is 5.72. The van der Waals surface area contributed by atoms with Gasteiger partial charge < -0.3 is 10.2 Å². The molecule has 0 unspecified atom stereocenters. The summed E-state index contributed by atoms with van der Waals surface area (Å²) in [6.45, 7) is 3.82. The van der Waals surface area contributed by atoms with Crippen LogP contribution in [0.15, 0.2) is 72.8 Å². The molecule has 1 N–H and O–H groups in total. The van der Waals surface area contributed by atoms with Crippen molar-refractivity contribution in [2.75, 3.05) is 17.1 Å². The summed E-state index contributed by atoms with van der Waals surface area (Å²) in [5.41, 5.74) is 3.60. The minimum Gasteiger partial charge on any atom is -0.352 e. The molecule has 0 aromatic heterocycles. The maximum absolute atomic E-state index is 14.9. The first-order valence-electron chi connectivity index (χ1n) is 15.0. The lowest BCUT2D eigenvalue weighted by molar-refractivity contribution is -0.141. The number of nitrogens with one attached hydrogen (secondary N) is 1. The monoisotopic (exact) mass is 607 g/mol. The van der Waals surface area contributed by atoms with Gasteiger partial charge >= 0.3 is 0 Å². The van der Waals surface area contributed by atoms with Gasteiger partial charge in [-0.05, 0) is 61.9 Å². The summed E-state index contributed by atoms with van der Waals surface area (Å²) in [5.74, 6) is -1.04. The highest BCUT2D eigenvalue weighted by molar-refractivity contribution is 7.92. The molecule has 2 amide bonds. The van der Waals surface area contributed by atoms with Gasteiger partial charge in [-0.15, -0.1) is 0 Å². The largest absolute Gasteiger partial charge is 0.352 e. The molecule has 230 valence electrons. The Morgan fingerprint density at radius 3 is 2.30 bits per heavy atom. The highest BCUT2D eigenvalue weighted by atomic mass is 32.2. The highest BCUT2D eigenvalue weighted by Gasteiger charge is 2.32. The number of amides is 2. The van der Waals surface area contributed by atoms with Crippen molar-refractivity contribution in [3.05, 3.63) is 101 Å². The summed E-state index contributed by atoms with van der Waals surface area (Å²) in [7, 11) is -3.62. The van der Waals surface area contributed by atoms with Gasteiger partial charge in [-0.3, -0.25) is 13.9 Å². The summed E-state index contributed by atoms with van der Waals surface area (Å²) in [5, 5.41) is 3.15. The highest BCUT2D eigenvalue weighted by Crippen LogP contribution is 2.26. The lowest BCUT2D eigenvalue weighted by Crippen LogP contribution is -2.52. The number of sulfonamides is 1. The molecule has 0 spiro atoms. The fourth-order valence-corrected chi connectivity index (χ4v) is 6.74. The van der Waals surface area contributed by atoms with E-state index in [1.807, 2.05) is 56.3 Å². The summed E-state index contributed by atoms with van der Waals surface area (Å²) in [4.78, 5) is 29.3. The number of aryl methyl sites for hydroxylation is 1. The second kappa shape index (κ2) is 14.6. The SMILES string of the molecule is Cc1cccc(N(CCCC(=O)N(Cc2ccccc2F)[C@H](Cc2ccccc2)C(=O)NC2CCCC2)S(C)(=O)=O)c1C. The van der Waals surface area contributed by atoms with Crippen LogP contribution < -0.4 is 9.62 Å². The number of carbonyl (C=O) groups excluding carboxylic acids is 2. The quantitative estimate of drug-likeness (QED) is 0.271. The molecule has 4 rings (SSSR count). The van der Waals surface area contributed by atoms with E-state index in [-0.39, 0.29) is 50.2 Å². The van der Waals surface area contributed by atoms with Crippen LogP contribution in [-0.4, -0.2) is 50.0 Å². The molecule has 1 fully saturated rings. The van der Waals surface area contributed by atoms with Gasteiger partial charge in [-0.1, -0.05) is 73.5 Å². The second-order valence-electron chi connectivity index (χ2n) is 11.5. The van der Waals surface area contributed by atoms with Crippen molar-refractivity contribution >= 4 is 27.5 Å². The van der Waals surface area contributed by atoms with Crippen LogP contribution in [0.5, 0.6) is 0 Å². The summed E-state index contributed by atoms with van der Waals surface area (Å²) < 4.78 is 41.8. The van der Waals surface area contributed by atoms with Crippen molar-refractivity contribution in [3.8, 4) is 0 Å². The average Bonchev–Trinajstić information content (AvgIpc) is 3.48. The third kappa shape index (κ3) is 8.66. The van der Waals surface area contributed by atoms with Crippen LogP contribution in [0, 0.1) is 19.7 Å². The van der Waals surface area contributed by atoms with E-state index in [2.05, 4.69) is 5.32 Å². The Morgan fingerprint density at radius 2 is 1.63 bits per heavy atom. The Hall–Kier alpha value is -3.72. The van der Waals surface area contributed by atoms with Crippen molar-refractivity contribution in [1.82, 2.24) is 10.2 Å². The number of anilines is 1. The van der Waals surface area contributed by atoms with Gasteiger partial charge in [0.15, 0.2) is 0 Å². The average molecular weight is 608 g/mol. The smallest absolute Gasteiger partial charge is 0.243 e. The molecule has 9 heteroatoms. The van der Waals surface area contributed by atoms with Gasteiger partial charge in [0.25, 0.3) is 0 Å². The normalized spacial score (nSPS) is 14.3. The lowest BCUT2D eigenvalue weighted by atomic mass is 10.0. The molecule has 0 aliphatic heterocycles. The number of hydrogen-bond donors (Lipinski definition) is 1. The van der Waals surface area contributed by atoms with Crippen molar-refractivity contribution < 1.29 is 22.4 Å². The topological polar surface area (TPSA) is 86.8 Å². The summed E-state index contributed by atoms with van der Waals surface area (Å²) in [6.07, 6.45) is 5.53. The zero-order valence-corrected chi connectivity index (χ0v) is 26.1. The molecule has 0 heterocycles. The maximum Gasteiger partial charge on any atom is 0.243 e. The van der Waals surface area contributed by atoms with Gasteiger partial charge in [0.1, 0.15) is 11.9 Å². The molecule has 1 aliphatic carbocycles. The first-order chi connectivity index (χ1) is 20.5. The number of halogens is 1. The van der Waals surface area contributed by atoms with Crippen LogP contribution in [0.4, 0.5) is 10.1 Å². The molecule has 0 radical (unpaired) electrons. The summed E-state index contributed by atoms with van der Waals surface area (Å²) >= 11 is 0. The third-order valence-electron chi connectivity index (χ3n) is 8.27. The van der Waals surface area contributed by atoms with Crippen molar-refractivity contribution in [3.63, 3.8) is 0 Å². The van der Waals surface area contributed by atoms with Gasteiger partial charge in [0, 0.05) is 37.5 Å². The maximum atomic E-state index is 14.9. The number of benzene rings is 3. The molecule has 0 saturated heterocycles. The van der Waals surface area contributed by atoms with Crippen molar-refractivity contribution in [2.45, 2.75) is 77.4 Å². The van der Waals surface area contributed by atoms with E-state index in [9.17, 15) is 22.4 Å². The number of carbonyl (C=O) groups is 2. The van der Waals surface area contributed by atoms with Gasteiger partial charge in [0.2, 0.25) is 21.8 Å². The van der Waals surface area contributed by atoms with Gasteiger partial charge in [-0.2, -0.15) is 0 Å². The fraction of sp³-hybridized carbons (Fsp3) is 0.412. The van der Waals surface area contributed by atoms with Crippen LogP contribution in [-0.2, 0) is 32.6 Å². The molecule has 43 heavy (non-hydrogen) atoms. The van der Waals surface area contributed by atoms with E-state index < -0.39 is 21.9 Å².